The fraction of sp³-hybridized carbons (Fsp3) is 0.333. The number of nitrogens with zero attached hydrogens (tertiary/aromatic N) is 2. The summed E-state index contributed by atoms with van der Waals surface area (Å²) >= 11 is 14.3. The Morgan fingerprint density at radius 1 is 0.812 bits per heavy atom. The van der Waals surface area contributed by atoms with E-state index in [2.05, 4.69) is 0 Å². The summed E-state index contributed by atoms with van der Waals surface area (Å²) in [6, 6.07) is 9.98. The average Bonchev–Trinajstić information content (AvgIpc) is 3.35. The highest BCUT2D eigenvalue weighted by Gasteiger charge is 2.76. The number of benzene rings is 3. The topological polar surface area (TPSA) is 95.0 Å². The highest BCUT2D eigenvalue weighted by Crippen LogP contribution is 2.66. The standard InChI is InChI=1S/C33H22Cl2F6N2O5/c1-42-28(47)30(34)13-22-20(25(31(30,35)29(42)48)19-8-9-23(44)18-5-3-2-4-17(18)19)6-7-21-24(22)27(46)43(26(21)45)16-11-14(32(36,37)38)10-15(12-16)33(39,40)41/h2-6,8-12,21-22,24-25,44H,7,13H2,1H3. The number of anilines is 1. The minimum Gasteiger partial charge on any atom is -0.507 e. The maximum atomic E-state index is 14.2. The Morgan fingerprint density at radius 2 is 1.42 bits per heavy atom. The summed E-state index contributed by atoms with van der Waals surface area (Å²) in [4.78, 5) is 52.2. The molecule has 2 heterocycles. The Morgan fingerprint density at radius 3 is 2.02 bits per heavy atom. The number of hydrogen-bond donors (Lipinski definition) is 1. The van der Waals surface area contributed by atoms with Crippen LogP contribution in [-0.2, 0) is 31.5 Å². The zero-order valence-electron chi connectivity index (χ0n) is 24.5. The van der Waals surface area contributed by atoms with Gasteiger partial charge in [0.2, 0.25) is 11.8 Å². The minimum absolute atomic E-state index is 0.0994. The lowest BCUT2D eigenvalue weighted by molar-refractivity contribution is -0.143. The summed E-state index contributed by atoms with van der Waals surface area (Å²) < 4.78 is 82.2. The number of hydrogen-bond acceptors (Lipinski definition) is 5. The Kier molecular flexibility index (Phi) is 6.90. The van der Waals surface area contributed by atoms with Crippen LogP contribution in [0.5, 0.6) is 5.75 Å². The molecule has 2 saturated heterocycles. The van der Waals surface area contributed by atoms with Crippen molar-refractivity contribution in [2.24, 2.45) is 17.8 Å². The van der Waals surface area contributed by atoms with Crippen LogP contribution < -0.4 is 4.90 Å². The van der Waals surface area contributed by atoms with Gasteiger partial charge in [0.25, 0.3) is 11.8 Å². The number of phenolic OH excluding ortho intramolecular Hbond substituents is 1. The molecule has 0 aromatic heterocycles. The molecule has 0 spiro atoms. The van der Waals surface area contributed by atoms with E-state index in [0.29, 0.717) is 38.9 Å². The van der Waals surface area contributed by atoms with Crippen LogP contribution in [0, 0.1) is 17.8 Å². The summed E-state index contributed by atoms with van der Waals surface area (Å²) in [6.45, 7) is 0. The van der Waals surface area contributed by atoms with Gasteiger partial charge in [-0.05, 0) is 54.0 Å². The lowest BCUT2D eigenvalue weighted by atomic mass is 9.56. The van der Waals surface area contributed by atoms with E-state index in [4.69, 9.17) is 23.2 Å². The Hall–Kier alpha value is -4.10. The van der Waals surface area contributed by atoms with Crippen LogP contribution in [0.2, 0.25) is 0 Å². The molecule has 0 radical (unpaired) electrons. The van der Waals surface area contributed by atoms with Crippen molar-refractivity contribution in [3.8, 4) is 5.75 Å². The SMILES string of the molecule is CN1C(=O)C2(Cl)CC3C(=CCC4C(=O)N(c5cc(C(F)(F)F)cc(C(F)(F)F)c5)C(=O)C43)C(c3ccc(O)c4ccccc34)C2(Cl)C1=O. The first-order valence-electron chi connectivity index (χ1n) is 14.6. The molecule has 6 atom stereocenters. The maximum Gasteiger partial charge on any atom is 0.416 e. The number of halogens is 8. The van der Waals surface area contributed by atoms with Crippen molar-refractivity contribution in [3.63, 3.8) is 0 Å². The molecule has 7 rings (SSSR count). The average molecular weight is 711 g/mol. The summed E-state index contributed by atoms with van der Waals surface area (Å²) in [5.74, 6) is -8.76. The van der Waals surface area contributed by atoms with E-state index in [1.165, 1.54) is 19.2 Å². The lowest BCUT2D eigenvalue weighted by Crippen LogP contribution is -2.60. The van der Waals surface area contributed by atoms with Crippen LogP contribution in [0.15, 0.2) is 66.2 Å². The second-order valence-electron chi connectivity index (χ2n) is 12.5. The smallest absolute Gasteiger partial charge is 0.416 e. The third-order valence-corrected chi connectivity index (χ3v) is 11.5. The van der Waals surface area contributed by atoms with Crippen LogP contribution in [0.1, 0.15) is 35.4 Å². The van der Waals surface area contributed by atoms with Gasteiger partial charge in [-0.1, -0.05) is 42.0 Å². The molecule has 48 heavy (non-hydrogen) atoms. The van der Waals surface area contributed by atoms with Gasteiger partial charge in [0.15, 0.2) is 9.75 Å². The van der Waals surface area contributed by atoms with Crippen LogP contribution in [0.25, 0.3) is 10.8 Å². The fourth-order valence-corrected chi connectivity index (χ4v) is 8.98. The van der Waals surface area contributed by atoms with Crippen molar-refractivity contribution >= 4 is 63.3 Å². The summed E-state index contributed by atoms with van der Waals surface area (Å²) in [5.41, 5.74) is -3.58. The number of carbonyl (C=O) groups is 4. The van der Waals surface area contributed by atoms with Gasteiger partial charge in [-0.2, -0.15) is 26.3 Å². The number of amides is 4. The number of aromatic hydroxyl groups is 1. The predicted molar refractivity (Wildman–Crippen MR) is 160 cm³/mol. The van der Waals surface area contributed by atoms with E-state index < -0.39 is 92.6 Å². The molecule has 3 aromatic rings. The number of carbonyl (C=O) groups excluding carboxylic acids is 4. The first-order valence-corrected chi connectivity index (χ1v) is 15.4. The monoisotopic (exact) mass is 710 g/mol. The van der Waals surface area contributed by atoms with Gasteiger partial charge in [-0.25, -0.2) is 4.90 Å². The van der Waals surface area contributed by atoms with Crippen molar-refractivity contribution in [1.29, 1.82) is 0 Å². The number of allylic oxidation sites excluding steroid dienone is 2. The molecule has 7 nitrogen and oxygen atoms in total. The molecule has 250 valence electrons. The zero-order chi connectivity index (χ0) is 34.9. The van der Waals surface area contributed by atoms with Crippen molar-refractivity contribution in [1.82, 2.24) is 4.90 Å². The minimum atomic E-state index is -5.23. The van der Waals surface area contributed by atoms with Gasteiger partial charge >= 0.3 is 12.4 Å². The Balaban J connectivity index is 1.41. The molecular weight excluding hydrogens is 689 g/mol. The van der Waals surface area contributed by atoms with Gasteiger partial charge < -0.3 is 5.11 Å². The highest BCUT2D eigenvalue weighted by atomic mass is 35.5. The predicted octanol–water partition coefficient (Wildman–Crippen LogP) is 6.78. The van der Waals surface area contributed by atoms with E-state index in [0.717, 1.165) is 4.90 Å². The van der Waals surface area contributed by atoms with E-state index in [9.17, 15) is 50.6 Å². The maximum absolute atomic E-state index is 14.2. The molecule has 3 fully saturated rings. The lowest BCUT2D eigenvalue weighted by Gasteiger charge is -2.51. The molecule has 4 aliphatic rings. The van der Waals surface area contributed by atoms with Crippen molar-refractivity contribution in [3.05, 3.63) is 82.9 Å². The normalized spacial score (nSPS) is 30.5. The first kappa shape index (κ1) is 32.4. The van der Waals surface area contributed by atoms with Crippen LogP contribution in [-0.4, -0.2) is 50.4 Å². The van der Waals surface area contributed by atoms with Gasteiger partial charge in [0.05, 0.1) is 28.7 Å². The molecule has 3 aromatic carbocycles. The first-order chi connectivity index (χ1) is 22.3. The van der Waals surface area contributed by atoms with Gasteiger partial charge in [-0.15, -0.1) is 23.2 Å². The van der Waals surface area contributed by atoms with Crippen LogP contribution >= 0.6 is 23.2 Å². The second kappa shape index (κ2) is 10.2. The van der Waals surface area contributed by atoms with Gasteiger partial charge in [-0.3, -0.25) is 24.1 Å². The van der Waals surface area contributed by atoms with Crippen LogP contribution in [0.4, 0.5) is 32.0 Å². The number of imide groups is 2. The van der Waals surface area contributed by atoms with E-state index >= 15 is 0 Å². The molecule has 0 bridgehead atoms. The number of likely N-dealkylation sites (tertiary alicyclic amines) is 1. The molecule has 15 heteroatoms. The Labute approximate surface area is 277 Å². The van der Waals surface area contributed by atoms with E-state index in [1.54, 1.807) is 30.3 Å². The number of phenols is 1. The number of fused-ring (bicyclic) bond motifs is 5. The highest BCUT2D eigenvalue weighted by molar-refractivity contribution is 6.53. The third-order valence-electron chi connectivity index (χ3n) is 10.1. The largest absolute Gasteiger partial charge is 0.507 e. The fourth-order valence-electron chi connectivity index (χ4n) is 7.97. The quantitative estimate of drug-likeness (QED) is 0.137. The van der Waals surface area contributed by atoms with E-state index in [-0.39, 0.29) is 18.2 Å². The van der Waals surface area contributed by atoms with E-state index in [1.807, 2.05) is 0 Å². The molecule has 2 aliphatic heterocycles. The summed E-state index contributed by atoms with van der Waals surface area (Å²) in [7, 11) is 1.20. The van der Waals surface area contributed by atoms with Gasteiger partial charge in [0.1, 0.15) is 5.75 Å². The van der Waals surface area contributed by atoms with Crippen molar-refractivity contribution in [2.75, 3.05) is 11.9 Å². The molecule has 4 amide bonds. The summed E-state index contributed by atoms with van der Waals surface area (Å²) in [6.07, 6.45) is -9.49. The van der Waals surface area contributed by atoms with Gasteiger partial charge in [0, 0.05) is 18.4 Å². The second-order valence-corrected chi connectivity index (χ2v) is 13.7. The van der Waals surface area contributed by atoms with Crippen molar-refractivity contribution < 1.29 is 50.6 Å². The molecule has 2 aliphatic carbocycles. The van der Waals surface area contributed by atoms with Crippen LogP contribution in [0.3, 0.4) is 0 Å². The zero-order valence-corrected chi connectivity index (χ0v) is 26.0. The molecular formula is C33H22Cl2F6N2O5. The number of alkyl halides is 8. The van der Waals surface area contributed by atoms with Crippen molar-refractivity contribution in [2.45, 2.75) is 40.9 Å². The third kappa shape index (κ3) is 4.22. The number of rotatable bonds is 2. The molecule has 1 N–H and O–H groups in total. The summed E-state index contributed by atoms with van der Waals surface area (Å²) in [5, 5.41) is 11.4. The Bertz CT molecular complexity index is 1980. The molecule has 6 unspecified atom stereocenters. The molecule has 1 saturated carbocycles.